The SMILES string of the molecule is CC1COCCN1C(=O)CCc1ccccc1F. The lowest BCUT2D eigenvalue weighted by atomic mass is 10.1. The highest BCUT2D eigenvalue weighted by atomic mass is 19.1. The molecule has 18 heavy (non-hydrogen) atoms. The van der Waals surface area contributed by atoms with Crippen molar-refractivity contribution in [2.24, 2.45) is 0 Å². The number of carbonyl (C=O) groups excluding carboxylic acids is 1. The lowest BCUT2D eigenvalue weighted by Crippen LogP contribution is -2.47. The van der Waals surface area contributed by atoms with Crippen LogP contribution in [0.5, 0.6) is 0 Å². The highest BCUT2D eigenvalue weighted by molar-refractivity contribution is 5.76. The van der Waals surface area contributed by atoms with Crippen molar-refractivity contribution in [3.63, 3.8) is 0 Å². The molecular weight excluding hydrogens is 233 g/mol. The molecule has 2 rings (SSSR count). The van der Waals surface area contributed by atoms with Crippen molar-refractivity contribution in [1.29, 1.82) is 0 Å². The molecule has 0 saturated carbocycles. The minimum absolute atomic E-state index is 0.0778. The average Bonchev–Trinajstić information content (AvgIpc) is 2.38. The topological polar surface area (TPSA) is 29.5 Å². The molecule has 1 heterocycles. The maximum atomic E-state index is 13.4. The van der Waals surface area contributed by atoms with Crippen molar-refractivity contribution in [2.45, 2.75) is 25.8 Å². The van der Waals surface area contributed by atoms with E-state index < -0.39 is 0 Å². The van der Waals surface area contributed by atoms with Gasteiger partial charge in [0.1, 0.15) is 5.82 Å². The number of morpholine rings is 1. The molecule has 0 aromatic heterocycles. The maximum Gasteiger partial charge on any atom is 0.223 e. The highest BCUT2D eigenvalue weighted by Gasteiger charge is 2.23. The molecule has 0 N–H and O–H groups in total. The summed E-state index contributed by atoms with van der Waals surface area (Å²) in [5, 5.41) is 0. The van der Waals surface area contributed by atoms with E-state index in [4.69, 9.17) is 4.74 Å². The first-order valence-corrected chi connectivity index (χ1v) is 6.29. The van der Waals surface area contributed by atoms with Crippen molar-refractivity contribution in [3.8, 4) is 0 Å². The van der Waals surface area contributed by atoms with Gasteiger partial charge in [-0.05, 0) is 25.0 Å². The van der Waals surface area contributed by atoms with Crippen LogP contribution in [-0.2, 0) is 16.0 Å². The zero-order valence-electron chi connectivity index (χ0n) is 10.6. The second-order valence-electron chi connectivity index (χ2n) is 4.60. The van der Waals surface area contributed by atoms with Crippen LogP contribution < -0.4 is 0 Å². The van der Waals surface area contributed by atoms with Gasteiger partial charge in [0.05, 0.1) is 19.3 Å². The third kappa shape index (κ3) is 3.07. The zero-order chi connectivity index (χ0) is 13.0. The van der Waals surface area contributed by atoms with Gasteiger partial charge in [-0.25, -0.2) is 4.39 Å². The molecule has 1 saturated heterocycles. The van der Waals surface area contributed by atoms with Crippen LogP contribution in [0.1, 0.15) is 18.9 Å². The first kappa shape index (κ1) is 13.0. The molecule has 1 aromatic rings. The fourth-order valence-corrected chi connectivity index (χ4v) is 2.18. The number of hydrogen-bond acceptors (Lipinski definition) is 2. The Morgan fingerprint density at radius 1 is 1.50 bits per heavy atom. The Balaban J connectivity index is 1.90. The monoisotopic (exact) mass is 251 g/mol. The van der Waals surface area contributed by atoms with Crippen molar-refractivity contribution in [2.75, 3.05) is 19.8 Å². The lowest BCUT2D eigenvalue weighted by Gasteiger charge is -2.33. The van der Waals surface area contributed by atoms with Gasteiger partial charge in [0.15, 0.2) is 0 Å². The van der Waals surface area contributed by atoms with Crippen LogP contribution in [0, 0.1) is 5.82 Å². The zero-order valence-corrected chi connectivity index (χ0v) is 10.6. The molecule has 0 aliphatic carbocycles. The smallest absolute Gasteiger partial charge is 0.223 e. The average molecular weight is 251 g/mol. The Morgan fingerprint density at radius 3 is 3.00 bits per heavy atom. The number of halogens is 1. The predicted molar refractivity (Wildman–Crippen MR) is 66.7 cm³/mol. The van der Waals surface area contributed by atoms with E-state index in [1.165, 1.54) is 6.07 Å². The molecule has 3 nitrogen and oxygen atoms in total. The molecule has 1 aliphatic heterocycles. The van der Waals surface area contributed by atoms with Crippen LogP contribution in [0.25, 0.3) is 0 Å². The minimum Gasteiger partial charge on any atom is -0.377 e. The Bertz CT molecular complexity index is 422. The summed E-state index contributed by atoms with van der Waals surface area (Å²) >= 11 is 0. The van der Waals surface area contributed by atoms with Gasteiger partial charge in [-0.1, -0.05) is 18.2 Å². The lowest BCUT2D eigenvalue weighted by molar-refractivity contribution is -0.139. The van der Waals surface area contributed by atoms with E-state index in [1.807, 2.05) is 11.8 Å². The molecule has 4 heteroatoms. The van der Waals surface area contributed by atoms with E-state index >= 15 is 0 Å². The number of nitrogens with zero attached hydrogens (tertiary/aromatic N) is 1. The van der Waals surface area contributed by atoms with Crippen LogP contribution in [0.3, 0.4) is 0 Å². The van der Waals surface area contributed by atoms with Gasteiger partial charge >= 0.3 is 0 Å². The highest BCUT2D eigenvalue weighted by Crippen LogP contribution is 2.12. The van der Waals surface area contributed by atoms with Gasteiger partial charge in [-0.3, -0.25) is 4.79 Å². The van der Waals surface area contributed by atoms with E-state index in [9.17, 15) is 9.18 Å². The van der Waals surface area contributed by atoms with E-state index in [0.29, 0.717) is 38.2 Å². The molecule has 1 unspecified atom stereocenters. The van der Waals surface area contributed by atoms with Gasteiger partial charge in [0.25, 0.3) is 0 Å². The van der Waals surface area contributed by atoms with Gasteiger partial charge in [0.2, 0.25) is 5.91 Å². The van der Waals surface area contributed by atoms with Crippen LogP contribution in [-0.4, -0.2) is 36.6 Å². The number of carbonyl (C=O) groups is 1. The number of hydrogen-bond donors (Lipinski definition) is 0. The van der Waals surface area contributed by atoms with E-state index in [2.05, 4.69) is 0 Å². The van der Waals surface area contributed by atoms with Crippen LogP contribution in [0.4, 0.5) is 4.39 Å². The Kier molecular flexibility index (Phi) is 4.31. The third-order valence-electron chi connectivity index (χ3n) is 3.25. The fraction of sp³-hybridized carbons (Fsp3) is 0.500. The maximum absolute atomic E-state index is 13.4. The quantitative estimate of drug-likeness (QED) is 0.822. The summed E-state index contributed by atoms with van der Waals surface area (Å²) in [6.07, 6.45) is 0.806. The number of aryl methyl sites for hydroxylation is 1. The number of benzene rings is 1. The van der Waals surface area contributed by atoms with Gasteiger partial charge in [-0.2, -0.15) is 0 Å². The Labute approximate surface area is 107 Å². The van der Waals surface area contributed by atoms with Crippen molar-refractivity contribution >= 4 is 5.91 Å². The van der Waals surface area contributed by atoms with Gasteiger partial charge in [0, 0.05) is 13.0 Å². The molecule has 1 fully saturated rings. The Morgan fingerprint density at radius 2 is 2.28 bits per heavy atom. The van der Waals surface area contributed by atoms with Gasteiger partial charge in [-0.15, -0.1) is 0 Å². The molecule has 1 aliphatic rings. The van der Waals surface area contributed by atoms with Crippen molar-refractivity contribution < 1.29 is 13.9 Å². The second kappa shape index (κ2) is 5.96. The van der Waals surface area contributed by atoms with E-state index in [-0.39, 0.29) is 17.8 Å². The summed E-state index contributed by atoms with van der Waals surface area (Å²) in [7, 11) is 0. The van der Waals surface area contributed by atoms with Crippen molar-refractivity contribution in [3.05, 3.63) is 35.6 Å². The number of amides is 1. The number of ether oxygens (including phenoxy) is 1. The summed E-state index contributed by atoms with van der Waals surface area (Å²) in [6.45, 7) is 3.79. The fourth-order valence-electron chi connectivity index (χ4n) is 2.18. The van der Waals surface area contributed by atoms with E-state index in [0.717, 1.165) is 0 Å². The molecular formula is C14H18FNO2. The normalized spacial score (nSPS) is 19.9. The third-order valence-corrected chi connectivity index (χ3v) is 3.25. The largest absolute Gasteiger partial charge is 0.377 e. The van der Waals surface area contributed by atoms with Crippen LogP contribution in [0.2, 0.25) is 0 Å². The summed E-state index contributed by atoms with van der Waals surface area (Å²) < 4.78 is 18.7. The summed E-state index contributed by atoms with van der Waals surface area (Å²) in [4.78, 5) is 13.9. The molecule has 98 valence electrons. The molecule has 1 atom stereocenters. The van der Waals surface area contributed by atoms with Crippen LogP contribution in [0.15, 0.2) is 24.3 Å². The molecule has 0 radical (unpaired) electrons. The predicted octanol–water partition coefficient (Wildman–Crippen LogP) is 2.01. The van der Waals surface area contributed by atoms with E-state index in [1.54, 1.807) is 18.2 Å². The van der Waals surface area contributed by atoms with Gasteiger partial charge < -0.3 is 9.64 Å². The molecule has 1 aromatic carbocycles. The minimum atomic E-state index is -0.236. The Hall–Kier alpha value is -1.42. The standard InChI is InChI=1S/C14H18FNO2/c1-11-10-18-9-8-16(11)14(17)7-6-12-4-2-3-5-13(12)15/h2-5,11H,6-10H2,1H3. The summed E-state index contributed by atoms with van der Waals surface area (Å²) in [6, 6.07) is 6.72. The van der Waals surface area contributed by atoms with Crippen LogP contribution >= 0.6 is 0 Å². The summed E-state index contributed by atoms with van der Waals surface area (Å²) in [5.74, 6) is -0.158. The summed E-state index contributed by atoms with van der Waals surface area (Å²) in [5.41, 5.74) is 0.603. The first-order valence-electron chi connectivity index (χ1n) is 6.29. The molecule has 0 spiro atoms. The molecule has 0 bridgehead atoms. The molecule has 1 amide bonds. The second-order valence-corrected chi connectivity index (χ2v) is 4.60. The number of rotatable bonds is 3. The first-order chi connectivity index (χ1) is 8.68. The van der Waals surface area contributed by atoms with Crippen molar-refractivity contribution in [1.82, 2.24) is 4.90 Å².